The number of methoxy groups -OCH3 is 1. The first-order valence-electron chi connectivity index (χ1n) is 7.50. The van der Waals surface area contributed by atoms with Gasteiger partial charge in [0.05, 0.1) is 19.2 Å². The Bertz CT molecular complexity index is 869. The molecule has 0 fully saturated rings. The van der Waals surface area contributed by atoms with Crippen molar-refractivity contribution in [3.8, 4) is 27.6 Å². The average Bonchev–Trinajstić information content (AvgIpc) is 2.98. The molecule has 1 aromatic heterocycles. The van der Waals surface area contributed by atoms with Crippen LogP contribution in [-0.2, 0) is 11.2 Å². The fourth-order valence-electron chi connectivity index (χ4n) is 2.51. The van der Waals surface area contributed by atoms with Crippen molar-refractivity contribution in [2.75, 3.05) is 7.11 Å². The summed E-state index contributed by atoms with van der Waals surface area (Å²) in [5.41, 5.74) is 3.77. The van der Waals surface area contributed by atoms with Crippen molar-refractivity contribution < 1.29 is 14.6 Å². The Hall–Kier alpha value is -2.66. The number of rotatable bonds is 5. The zero-order chi connectivity index (χ0) is 17.1. The van der Waals surface area contributed by atoms with E-state index in [2.05, 4.69) is 0 Å². The Balaban J connectivity index is 2.09. The topological polar surface area (TPSA) is 59.4 Å². The summed E-state index contributed by atoms with van der Waals surface area (Å²) >= 11 is 1.44. The second-order valence-corrected chi connectivity index (χ2v) is 6.49. The SMILES string of the molecule is COc1ccc(-c2nc(-c3ccccc3C)sc2CC(=O)O)cc1. The van der Waals surface area contributed by atoms with Gasteiger partial charge in [0.25, 0.3) is 0 Å². The van der Waals surface area contributed by atoms with Gasteiger partial charge in [-0.3, -0.25) is 4.79 Å². The van der Waals surface area contributed by atoms with Gasteiger partial charge < -0.3 is 9.84 Å². The maximum Gasteiger partial charge on any atom is 0.308 e. The molecule has 0 saturated heterocycles. The molecule has 2 aromatic carbocycles. The van der Waals surface area contributed by atoms with Crippen LogP contribution in [-0.4, -0.2) is 23.2 Å². The molecule has 1 N–H and O–H groups in total. The van der Waals surface area contributed by atoms with E-state index in [4.69, 9.17) is 9.72 Å². The summed E-state index contributed by atoms with van der Waals surface area (Å²) in [6.07, 6.45) is -0.0368. The van der Waals surface area contributed by atoms with E-state index in [1.165, 1.54) is 11.3 Å². The molecule has 24 heavy (non-hydrogen) atoms. The quantitative estimate of drug-likeness (QED) is 0.747. The molecule has 0 aliphatic heterocycles. The molecular weight excluding hydrogens is 322 g/mol. The number of benzene rings is 2. The van der Waals surface area contributed by atoms with Gasteiger partial charge >= 0.3 is 5.97 Å². The third kappa shape index (κ3) is 3.31. The molecule has 3 aromatic rings. The van der Waals surface area contributed by atoms with Crippen LogP contribution >= 0.6 is 11.3 Å². The highest BCUT2D eigenvalue weighted by Gasteiger charge is 2.17. The van der Waals surface area contributed by atoms with E-state index in [0.29, 0.717) is 0 Å². The van der Waals surface area contributed by atoms with Crippen LogP contribution in [0.1, 0.15) is 10.4 Å². The van der Waals surface area contributed by atoms with Crippen LogP contribution in [0.4, 0.5) is 0 Å². The highest BCUT2D eigenvalue weighted by atomic mass is 32.1. The van der Waals surface area contributed by atoms with E-state index in [-0.39, 0.29) is 6.42 Å². The Labute approximate surface area is 144 Å². The summed E-state index contributed by atoms with van der Waals surface area (Å²) in [6.45, 7) is 2.03. The first kappa shape index (κ1) is 16.2. The first-order chi connectivity index (χ1) is 11.6. The molecular formula is C19H17NO3S. The van der Waals surface area contributed by atoms with E-state index in [1.54, 1.807) is 7.11 Å². The van der Waals surface area contributed by atoms with Crippen molar-refractivity contribution in [3.63, 3.8) is 0 Å². The average molecular weight is 339 g/mol. The fraction of sp³-hybridized carbons (Fsp3) is 0.158. The van der Waals surface area contributed by atoms with Gasteiger partial charge in [-0.05, 0) is 36.8 Å². The van der Waals surface area contributed by atoms with E-state index >= 15 is 0 Å². The molecule has 3 rings (SSSR count). The lowest BCUT2D eigenvalue weighted by Gasteiger charge is -2.03. The Kier molecular flexibility index (Phi) is 4.62. The molecule has 0 saturated carbocycles. The summed E-state index contributed by atoms with van der Waals surface area (Å²) < 4.78 is 5.18. The number of hydrogen-bond acceptors (Lipinski definition) is 4. The maximum absolute atomic E-state index is 11.2. The zero-order valence-corrected chi connectivity index (χ0v) is 14.3. The molecule has 0 spiro atoms. The van der Waals surface area contributed by atoms with Crippen LogP contribution in [0.5, 0.6) is 5.75 Å². The molecule has 0 unspecified atom stereocenters. The van der Waals surface area contributed by atoms with Crippen molar-refractivity contribution in [2.24, 2.45) is 0 Å². The number of aromatic nitrogens is 1. The number of hydrogen-bond donors (Lipinski definition) is 1. The summed E-state index contributed by atoms with van der Waals surface area (Å²) in [7, 11) is 1.62. The van der Waals surface area contributed by atoms with Crippen molar-refractivity contribution >= 4 is 17.3 Å². The number of carboxylic acid groups (broad SMARTS) is 1. The van der Waals surface area contributed by atoms with Crippen LogP contribution in [0.25, 0.3) is 21.8 Å². The number of carbonyl (C=O) groups is 1. The minimum absolute atomic E-state index is 0.0368. The minimum atomic E-state index is -0.857. The molecule has 0 atom stereocenters. The predicted molar refractivity (Wildman–Crippen MR) is 95.6 cm³/mol. The maximum atomic E-state index is 11.2. The third-order valence-corrected chi connectivity index (χ3v) is 4.84. The lowest BCUT2D eigenvalue weighted by atomic mass is 10.1. The lowest BCUT2D eigenvalue weighted by Crippen LogP contribution is -1.99. The highest BCUT2D eigenvalue weighted by molar-refractivity contribution is 7.15. The number of aliphatic carboxylic acids is 1. The van der Waals surface area contributed by atoms with Gasteiger partial charge in [-0.25, -0.2) is 4.98 Å². The Morgan fingerprint density at radius 2 is 1.88 bits per heavy atom. The zero-order valence-electron chi connectivity index (χ0n) is 13.4. The van der Waals surface area contributed by atoms with Gasteiger partial charge in [-0.15, -0.1) is 11.3 Å². The molecule has 0 radical (unpaired) electrons. The number of aryl methyl sites for hydroxylation is 1. The second kappa shape index (κ2) is 6.84. The molecule has 122 valence electrons. The Morgan fingerprint density at radius 3 is 2.50 bits per heavy atom. The predicted octanol–water partition coefficient (Wildman–Crippen LogP) is 4.42. The number of nitrogens with zero attached hydrogens (tertiary/aromatic N) is 1. The molecule has 0 amide bonds. The van der Waals surface area contributed by atoms with Gasteiger partial charge in [0.2, 0.25) is 0 Å². The van der Waals surface area contributed by atoms with Crippen molar-refractivity contribution in [1.82, 2.24) is 4.98 Å². The summed E-state index contributed by atoms with van der Waals surface area (Å²) in [5, 5.41) is 10.1. The molecule has 0 aliphatic rings. The normalized spacial score (nSPS) is 10.6. The van der Waals surface area contributed by atoms with E-state index in [9.17, 15) is 9.90 Å². The highest BCUT2D eigenvalue weighted by Crippen LogP contribution is 2.36. The van der Waals surface area contributed by atoms with Crippen LogP contribution < -0.4 is 4.74 Å². The van der Waals surface area contributed by atoms with Gasteiger partial charge in [-0.1, -0.05) is 24.3 Å². The number of carboxylic acids is 1. The smallest absolute Gasteiger partial charge is 0.308 e. The van der Waals surface area contributed by atoms with E-state index in [1.807, 2.05) is 55.5 Å². The summed E-state index contributed by atoms with van der Waals surface area (Å²) in [5.74, 6) is -0.0994. The summed E-state index contributed by atoms with van der Waals surface area (Å²) in [6, 6.07) is 15.5. The van der Waals surface area contributed by atoms with Crippen LogP contribution in [0.3, 0.4) is 0 Å². The summed E-state index contributed by atoms with van der Waals surface area (Å²) in [4.78, 5) is 16.7. The molecule has 1 heterocycles. The monoisotopic (exact) mass is 339 g/mol. The molecule has 4 nitrogen and oxygen atoms in total. The minimum Gasteiger partial charge on any atom is -0.497 e. The number of thiazole rings is 1. The second-order valence-electron chi connectivity index (χ2n) is 5.40. The van der Waals surface area contributed by atoms with Gasteiger partial charge in [0, 0.05) is 16.0 Å². The van der Waals surface area contributed by atoms with Crippen molar-refractivity contribution in [2.45, 2.75) is 13.3 Å². The van der Waals surface area contributed by atoms with Crippen molar-refractivity contribution in [3.05, 3.63) is 59.0 Å². The standard InChI is InChI=1S/C19H17NO3S/c1-12-5-3-4-6-15(12)19-20-18(16(24-19)11-17(21)22)13-7-9-14(23-2)10-8-13/h3-10H,11H2,1-2H3,(H,21,22). The van der Waals surface area contributed by atoms with Crippen LogP contribution in [0.15, 0.2) is 48.5 Å². The molecule has 0 aliphatic carbocycles. The van der Waals surface area contributed by atoms with Gasteiger partial charge in [-0.2, -0.15) is 0 Å². The van der Waals surface area contributed by atoms with Crippen LogP contribution in [0.2, 0.25) is 0 Å². The largest absolute Gasteiger partial charge is 0.497 e. The van der Waals surface area contributed by atoms with Gasteiger partial charge in [0.15, 0.2) is 0 Å². The van der Waals surface area contributed by atoms with Gasteiger partial charge in [0.1, 0.15) is 10.8 Å². The molecule has 0 bridgehead atoms. The van der Waals surface area contributed by atoms with E-state index < -0.39 is 5.97 Å². The van der Waals surface area contributed by atoms with Crippen molar-refractivity contribution in [1.29, 1.82) is 0 Å². The lowest BCUT2D eigenvalue weighted by molar-refractivity contribution is -0.136. The van der Waals surface area contributed by atoms with E-state index in [0.717, 1.165) is 38.0 Å². The first-order valence-corrected chi connectivity index (χ1v) is 8.32. The number of ether oxygens (including phenoxy) is 1. The van der Waals surface area contributed by atoms with Crippen LogP contribution in [0, 0.1) is 6.92 Å². The fourth-order valence-corrected chi connectivity index (χ4v) is 3.68. The molecule has 5 heteroatoms. The Morgan fingerprint density at radius 1 is 1.17 bits per heavy atom. The third-order valence-electron chi connectivity index (χ3n) is 3.75.